The Kier molecular flexibility index (Phi) is 4.31. The average Bonchev–Trinajstić information content (AvgIpc) is 2.47. The quantitative estimate of drug-likeness (QED) is 0.860. The third-order valence-corrected chi connectivity index (χ3v) is 3.23. The van der Waals surface area contributed by atoms with Gasteiger partial charge in [-0.15, -0.1) is 0 Å². The van der Waals surface area contributed by atoms with Crippen molar-refractivity contribution in [1.29, 1.82) is 0 Å². The van der Waals surface area contributed by atoms with Crippen LogP contribution in [0.3, 0.4) is 0 Å². The molecule has 2 rings (SSSR count). The van der Waals surface area contributed by atoms with Crippen LogP contribution in [0.1, 0.15) is 35.7 Å². The third kappa shape index (κ3) is 3.32. The molecule has 0 aliphatic carbocycles. The van der Waals surface area contributed by atoms with Crippen LogP contribution in [0, 0.1) is 0 Å². The monoisotopic (exact) mass is 267 g/mol. The molecule has 0 radical (unpaired) electrons. The summed E-state index contributed by atoms with van der Waals surface area (Å²) in [6.45, 7) is 3.37. The maximum Gasteiger partial charge on any atom is 0.231 e. The Morgan fingerprint density at radius 1 is 1.00 bits per heavy atom. The van der Waals surface area contributed by atoms with Gasteiger partial charge in [0.2, 0.25) is 5.91 Å². The van der Waals surface area contributed by atoms with Gasteiger partial charge < -0.3 is 5.32 Å². The van der Waals surface area contributed by atoms with Crippen molar-refractivity contribution in [3.8, 4) is 0 Å². The number of amides is 1. The molecule has 20 heavy (non-hydrogen) atoms. The summed E-state index contributed by atoms with van der Waals surface area (Å²) in [6, 6.07) is 16.6. The van der Waals surface area contributed by atoms with Gasteiger partial charge in [-0.2, -0.15) is 0 Å². The van der Waals surface area contributed by atoms with Crippen LogP contribution in [0.25, 0.3) is 0 Å². The predicted octanol–water partition coefficient (Wildman–Crippen LogP) is 3.63. The molecule has 0 saturated heterocycles. The van der Waals surface area contributed by atoms with Crippen LogP contribution in [0.2, 0.25) is 0 Å². The zero-order chi connectivity index (χ0) is 14.5. The molecule has 0 unspecified atom stereocenters. The van der Waals surface area contributed by atoms with E-state index in [-0.39, 0.29) is 17.6 Å². The molecule has 0 spiro atoms. The van der Waals surface area contributed by atoms with E-state index >= 15 is 0 Å². The summed E-state index contributed by atoms with van der Waals surface area (Å²) >= 11 is 0. The maximum absolute atomic E-state index is 12.2. The standard InChI is InChI=1S/C17H17NO2/c1-12(14-7-4-3-5-8-14)17(20)18-16-10-6-9-15(11-16)13(2)19/h3-12H,1-2H3,(H,18,20)/t12-/m0/s1. The summed E-state index contributed by atoms with van der Waals surface area (Å²) in [7, 11) is 0. The van der Waals surface area contributed by atoms with Crippen LogP contribution in [-0.2, 0) is 4.79 Å². The third-order valence-electron chi connectivity index (χ3n) is 3.23. The van der Waals surface area contributed by atoms with Crippen molar-refractivity contribution in [3.05, 3.63) is 65.7 Å². The molecule has 1 amide bonds. The zero-order valence-electron chi connectivity index (χ0n) is 11.6. The van der Waals surface area contributed by atoms with Crippen LogP contribution in [0.15, 0.2) is 54.6 Å². The lowest BCUT2D eigenvalue weighted by Gasteiger charge is -2.13. The van der Waals surface area contributed by atoms with Gasteiger partial charge >= 0.3 is 0 Å². The van der Waals surface area contributed by atoms with Gasteiger partial charge in [-0.25, -0.2) is 0 Å². The van der Waals surface area contributed by atoms with Crippen molar-refractivity contribution < 1.29 is 9.59 Å². The minimum absolute atomic E-state index is 0.0165. The normalized spacial score (nSPS) is 11.7. The van der Waals surface area contributed by atoms with E-state index < -0.39 is 0 Å². The first-order valence-electron chi connectivity index (χ1n) is 6.54. The van der Waals surface area contributed by atoms with Gasteiger partial charge in [0.25, 0.3) is 0 Å². The summed E-state index contributed by atoms with van der Waals surface area (Å²) in [4.78, 5) is 23.5. The second kappa shape index (κ2) is 6.15. The highest BCUT2D eigenvalue weighted by Crippen LogP contribution is 2.18. The van der Waals surface area contributed by atoms with E-state index in [1.807, 2.05) is 37.3 Å². The molecule has 3 heteroatoms. The molecule has 0 bridgehead atoms. The van der Waals surface area contributed by atoms with E-state index in [4.69, 9.17) is 0 Å². The molecule has 1 atom stereocenters. The number of anilines is 1. The van der Waals surface area contributed by atoms with Gasteiger partial charge in [-0.1, -0.05) is 42.5 Å². The van der Waals surface area contributed by atoms with E-state index in [0.29, 0.717) is 11.3 Å². The van der Waals surface area contributed by atoms with Crippen molar-refractivity contribution in [1.82, 2.24) is 0 Å². The van der Waals surface area contributed by atoms with Crippen molar-refractivity contribution in [2.24, 2.45) is 0 Å². The minimum atomic E-state index is -0.239. The fraction of sp³-hybridized carbons (Fsp3) is 0.176. The van der Waals surface area contributed by atoms with Crippen molar-refractivity contribution in [2.45, 2.75) is 19.8 Å². The number of Topliss-reactive ketones (excluding diaryl/α,β-unsaturated/α-hetero) is 1. The number of hydrogen-bond acceptors (Lipinski definition) is 2. The summed E-state index contributed by atoms with van der Waals surface area (Å²) in [5.74, 6) is -0.341. The van der Waals surface area contributed by atoms with Crippen molar-refractivity contribution in [2.75, 3.05) is 5.32 Å². The van der Waals surface area contributed by atoms with Crippen LogP contribution in [0.5, 0.6) is 0 Å². The number of benzene rings is 2. The summed E-state index contributed by atoms with van der Waals surface area (Å²) < 4.78 is 0. The van der Waals surface area contributed by atoms with E-state index in [2.05, 4.69) is 5.32 Å². The van der Waals surface area contributed by atoms with Crippen molar-refractivity contribution >= 4 is 17.4 Å². The Morgan fingerprint density at radius 2 is 1.70 bits per heavy atom. The Labute approximate surface area is 118 Å². The SMILES string of the molecule is CC(=O)c1cccc(NC(=O)[C@@H](C)c2ccccc2)c1. The fourth-order valence-electron chi connectivity index (χ4n) is 1.96. The molecular weight excluding hydrogens is 250 g/mol. The molecule has 1 N–H and O–H groups in total. The molecule has 2 aromatic carbocycles. The van der Waals surface area contributed by atoms with Crippen LogP contribution in [-0.4, -0.2) is 11.7 Å². The minimum Gasteiger partial charge on any atom is -0.326 e. The Balaban J connectivity index is 2.12. The molecule has 0 aliphatic heterocycles. The molecule has 102 valence electrons. The lowest BCUT2D eigenvalue weighted by Crippen LogP contribution is -2.18. The Hall–Kier alpha value is -2.42. The van der Waals surface area contributed by atoms with Gasteiger partial charge in [0.15, 0.2) is 5.78 Å². The fourth-order valence-corrected chi connectivity index (χ4v) is 1.96. The first-order valence-corrected chi connectivity index (χ1v) is 6.54. The molecule has 0 aromatic heterocycles. The van der Waals surface area contributed by atoms with Crippen molar-refractivity contribution in [3.63, 3.8) is 0 Å². The van der Waals surface area contributed by atoms with Gasteiger partial charge in [0.1, 0.15) is 0 Å². The number of ketones is 1. The lowest BCUT2D eigenvalue weighted by atomic mass is 10.0. The smallest absolute Gasteiger partial charge is 0.231 e. The molecule has 0 saturated carbocycles. The number of nitrogens with one attached hydrogen (secondary N) is 1. The summed E-state index contributed by atoms with van der Waals surface area (Å²) in [6.07, 6.45) is 0. The number of hydrogen-bond donors (Lipinski definition) is 1. The predicted molar refractivity (Wildman–Crippen MR) is 79.9 cm³/mol. The molecule has 2 aromatic rings. The lowest BCUT2D eigenvalue weighted by molar-refractivity contribution is -0.117. The Morgan fingerprint density at radius 3 is 2.35 bits per heavy atom. The summed E-state index contributed by atoms with van der Waals surface area (Å²) in [5.41, 5.74) is 2.20. The first-order chi connectivity index (χ1) is 9.58. The largest absolute Gasteiger partial charge is 0.326 e. The highest BCUT2D eigenvalue weighted by molar-refractivity contribution is 5.98. The molecule has 0 fully saturated rings. The maximum atomic E-state index is 12.2. The number of carbonyl (C=O) groups excluding carboxylic acids is 2. The highest BCUT2D eigenvalue weighted by Gasteiger charge is 2.15. The second-order valence-electron chi connectivity index (χ2n) is 4.76. The Bertz CT molecular complexity index is 620. The molecular formula is C17H17NO2. The molecule has 0 heterocycles. The van der Waals surface area contributed by atoms with E-state index in [1.54, 1.807) is 24.3 Å². The molecule has 3 nitrogen and oxygen atoms in total. The summed E-state index contributed by atoms with van der Waals surface area (Å²) in [5, 5.41) is 2.84. The van der Waals surface area contributed by atoms with Gasteiger partial charge in [-0.3, -0.25) is 9.59 Å². The zero-order valence-corrected chi connectivity index (χ0v) is 11.6. The molecule has 0 aliphatic rings. The van der Waals surface area contributed by atoms with E-state index in [0.717, 1.165) is 5.56 Å². The number of rotatable bonds is 4. The van der Waals surface area contributed by atoms with Crippen LogP contribution < -0.4 is 5.32 Å². The van der Waals surface area contributed by atoms with E-state index in [9.17, 15) is 9.59 Å². The average molecular weight is 267 g/mol. The topological polar surface area (TPSA) is 46.2 Å². The number of carbonyl (C=O) groups is 2. The van der Waals surface area contributed by atoms with Crippen LogP contribution >= 0.6 is 0 Å². The highest BCUT2D eigenvalue weighted by atomic mass is 16.2. The van der Waals surface area contributed by atoms with Gasteiger partial charge in [0.05, 0.1) is 5.92 Å². The first kappa shape index (κ1) is 14.0. The van der Waals surface area contributed by atoms with Gasteiger partial charge in [0, 0.05) is 11.3 Å². The second-order valence-corrected chi connectivity index (χ2v) is 4.76. The van der Waals surface area contributed by atoms with Gasteiger partial charge in [-0.05, 0) is 31.5 Å². The van der Waals surface area contributed by atoms with Crippen LogP contribution in [0.4, 0.5) is 5.69 Å². The van der Waals surface area contributed by atoms with E-state index in [1.165, 1.54) is 6.92 Å².